The first-order valence-electron chi connectivity index (χ1n) is 8.44. The van der Waals surface area contributed by atoms with Crippen LogP contribution in [0.2, 0.25) is 0 Å². The highest BCUT2D eigenvalue weighted by Crippen LogP contribution is 2.13. The SMILES string of the molecule is CCNC(=NCc1ccccc1COCC)NC1CCS(=O)(=O)C1. The van der Waals surface area contributed by atoms with Crippen molar-refractivity contribution in [2.24, 2.45) is 4.99 Å². The van der Waals surface area contributed by atoms with E-state index in [2.05, 4.69) is 15.6 Å². The third-order valence-electron chi connectivity index (χ3n) is 3.91. The summed E-state index contributed by atoms with van der Waals surface area (Å²) in [6, 6.07) is 8.01. The van der Waals surface area contributed by atoms with Crippen LogP contribution in [0.25, 0.3) is 0 Å². The van der Waals surface area contributed by atoms with Gasteiger partial charge >= 0.3 is 0 Å². The van der Waals surface area contributed by atoms with E-state index in [-0.39, 0.29) is 17.5 Å². The molecule has 0 aliphatic carbocycles. The number of sulfone groups is 1. The fourth-order valence-electron chi connectivity index (χ4n) is 2.65. The van der Waals surface area contributed by atoms with Crippen molar-refractivity contribution in [3.05, 3.63) is 35.4 Å². The molecule has 1 heterocycles. The lowest BCUT2D eigenvalue weighted by Gasteiger charge is -2.16. The van der Waals surface area contributed by atoms with E-state index in [1.165, 1.54) is 0 Å². The number of ether oxygens (including phenoxy) is 1. The molecule has 0 radical (unpaired) electrons. The number of benzene rings is 1. The van der Waals surface area contributed by atoms with Crippen LogP contribution in [0, 0.1) is 0 Å². The quantitative estimate of drug-likeness (QED) is 0.573. The number of aliphatic imine (C=N–C) groups is 1. The summed E-state index contributed by atoms with van der Waals surface area (Å²) in [7, 11) is -2.90. The first-order valence-corrected chi connectivity index (χ1v) is 10.3. The number of guanidine groups is 1. The van der Waals surface area contributed by atoms with Crippen molar-refractivity contribution in [2.75, 3.05) is 24.7 Å². The molecule has 0 spiro atoms. The zero-order chi connectivity index (χ0) is 17.4. The normalized spacial score (nSPS) is 20.1. The predicted octanol–water partition coefficient (Wildman–Crippen LogP) is 1.47. The minimum absolute atomic E-state index is 0.0635. The van der Waals surface area contributed by atoms with Gasteiger partial charge in [-0.3, -0.25) is 0 Å². The molecule has 0 saturated carbocycles. The van der Waals surface area contributed by atoms with Crippen LogP contribution in [0.4, 0.5) is 0 Å². The molecule has 0 amide bonds. The Morgan fingerprint density at radius 1 is 1.29 bits per heavy atom. The summed E-state index contributed by atoms with van der Waals surface area (Å²) in [5.41, 5.74) is 2.24. The highest BCUT2D eigenvalue weighted by molar-refractivity contribution is 7.91. The molecular formula is C17H27N3O3S. The molecule has 0 aromatic heterocycles. The Balaban J connectivity index is 2.03. The maximum atomic E-state index is 11.6. The Kier molecular flexibility index (Phi) is 7.05. The average Bonchev–Trinajstić information content (AvgIpc) is 2.90. The fraction of sp³-hybridized carbons (Fsp3) is 0.588. The van der Waals surface area contributed by atoms with Gasteiger partial charge in [-0.15, -0.1) is 0 Å². The molecule has 134 valence electrons. The Labute approximate surface area is 144 Å². The van der Waals surface area contributed by atoms with Gasteiger partial charge < -0.3 is 15.4 Å². The molecular weight excluding hydrogens is 326 g/mol. The van der Waals surface area contributed by atoms with Gasteiger partial charge in [0.05, 0.1) is 24.7 Å². The third-order valence-corrected chi connectivity index (χ3v) is 5.67. The molecule has 1 unspecified atom stereocenters. The van der Waals surface area contributed by atoms with E-state index in [0.717, 1.165) is 17.7 Å². The van der Waals surface area contributed by atoms with Gasteiger partial charge in [0.15, 0.2) is 15.8 Å². The van der Waals surface area contributed by atoms with Crippen LogP contribution in [0.15, 0.2) is 29.3 Å². The number of hydrogen-bond acceptors (Lipinski definition) is 4. The van der Waals surface area contributed by atoms with Crippen LogP contribution in [-0.4, -0.2) is 45.1 Å². The first kappa shape index (κ1) is 18.7. The molecule has 1 aliphatic heterocycles. The molecule has 2 N–H and O–H groups in total. The van der Waals surface area contributed by atoms with Gasteiger partial charge in [-0.05, 0) is 31.4 Å². The fourth-order valence-corrected chi connectivity index (χ4v) is 4.32. The lowest BCUT2D eigenvalue weighted by Crippen LogP contribution is -2.44. The molecule has 24 heavy (non-hydrogen) atoms. The molecule has 7 heteroatoms. The standard InChI is InChI=1S/C17H27N3O3S/c1-3-18-17(20-16-9-10-24(21,22)13-16)19-11-14-7-5-6-8-15(14)12-23-4-2/h5-8,16H,3-4,9-13H2,1-2H3,(H2,18,19,20). The van der Waals surface area contributed by atoms with Crippen molar-refractivity contribution in [1.82, 2.24) is 10.6 Å². The summed E-state index contributed by atoms with van der Waals surface area (Å²) < 4.78 is 28.7. The number of nitrogens with one attached hydrogen (secondary N) is 2. The molecule has 1 aliphatic rings. The van der Waals surface area contributed by atoms with Crippen LogP contribution in [0.3, 0.4) is 0 Å². The van der Waals surface area contributed by atoms with Crippen LogP contribution < -0.4 is 10.6 Å². The van der Waals surface area contributed by atoms with E-state index < -0.39 is 9.84 Å². The third kappa shape index (κ3) is 5.79. The van der Waals surface area contributed by atoms with E-state index in [1.807, 2.05) is 38.1 Å². The summed E-state index contributed by atoms with van der Waals surface area (Å²) in [5.74, 6) is 1.09. The van der Waals surface area contributed by atoms with E-state index in [1.54, 1.807) is 0 Å². The summed E-state index contributed by atoms with van der Waals surface area (Å²) in [6.45, 7) is 6.48. The smallest absolute Gasteiger partial charge is 0.191 e. The van der Waals surface area contributed by atoms with Gasteiger partial charge in [0.1, 0.15) is 0 Å². The molecule has 1 fully saturated rings. The van der Waals surface area contributed by atoms with Crippen molar-refractivity contribution < 1.29 is 13.2 Å². The maximum absolute atomic E-state index is 11.6. The zero-order valence-electron chi connectivity index (χ0n) is 14.4. The highest BCUT2D eigenvalue weighted by Gasteiger charge is 2.28. The zero-order valence-corrected chi connectivity index (χ0v) is 15.2. The highest BCUT2D eigenvalue weighted by atomic mass is 32.2. The maximum Gasteiger partial charge on any atom is 0.191 e. The van der Waals surface area contributed by atoms with Crippen LogP contribution in [-0.2, 0) is 27.7 Å². The van der Waals surface area contributed by atoms with Crippen molar-refractivity contribution in [3.8, 4) is 0 Å². The Morgan fingerprint density at radius 2 is 2.04 bits per heavy atom. The number of rotatable bonds is 7. The summed E-state index contributed by atoms with van der Waals surface area (Å²) in [6.07, 6.45) is 0.633. The van der Waals surface area contributed by atoms with Crippen molar-refractivity contribution in [1.29, 1.82) is 0 Å². The second-order valence-electron chi connectivity index (χ2n) is 5.85. The van der Waals surface area contributed by atoms with Gasteiger partial charge in [-0.1, -0.05) is 24.3 Å². The van der Waals surface area contributed by atoms with E-state index in [4.69, 9.17) is 4.74 Å². The van der Waals surface area contributed by atoms with Crippen LogP contribution in [0.5, 0.6) is 0 Å². The van der Waals surface area contributed by atoms with Gasteiger partial charge in [0.25, 0.3) is 0 Å². The Morgan fingerprint density at radius 3 is 2.67 bits per heavy atom. The molecule has 6 nitrogen and oxygen atoms in total. The minimum atomic E-state index is -2.90. The number of hydrogen-bond donors (Lipinski definition) is 2. The van der Waals surface area contributed by atoms with Gasteiger partial charge in [0.2, 0.25) is 0 Å². The van der Waals surface area contributed by atoms with E-state index >= 15 is 0 Å². The summed E-state index contributed by atoms with van der Waals surface area (Å²) >= 11 is 0. The van der Waals surface area contributed by atoms with E-state index in [0.29, 0.717) is 32.1 Å². The molecule has 0 bridgehead atoms. The van der Waals surface area contributed by atoms with E-state index in [9.17, 15) is 8.42 Å². The second kappa shape index (κ2) is 9.03. The largest absolute Gasteiger partial charge is 0.377 e. The number of nitrogens with zero attached hydrogens (tertiary/aromatic N) is 1. The molecule has 1 atom stereocenters. The monoisotopic (exact) mass is 353 g/mol. The first-order chi connectivity index (χ1) is 11.5. The van der Waals surface area contributed by atoms with Gasteiger partial charge in [-0.25, -0.2) is 13.4 Å². The molecule has 1 aromatic rings. The van der Waals surface area contributed by atoms with Crippen molar-refractivity contribution in [2.45, 2.75) is 39.5 Å². The van der Waals surface area contributed by atoms with Crippen molar-refractivity contribution in [3.63, 3.8) is 0 Å². The van der Waals surface area contributed by atoms with Gasteiger partial charge in [0, 0.05) is 19.2 Å². The van der Waals surface area contributed by atoms with Crippen LogP contribution in [0.1, 0.15) is 31.4 Å². The van der Waals surface area contributed by atoms with Crippen molar-refractivity contribution >= 4 is 15.8 Å². The second-order valence-corrected chi connectivity index (χ2v) is 8.07. The summed E-state index contributed by atoms with van der Waals surface area (Å²) in [4.78, 5) is 4.61. The van der Waals surface area contributed by atoms with Gasteiger partial charge in [-0.2, -0.15) is 0 Å². The molecule has 1 aromatic carbocycles. The topological polar surface area (TPSA) is 79.8 Å². The molecule has 1 saturated heterocycles. The Hall–Kier alpha value is -1.60. The Bertz CT molecular complexity index is 659. The van der Waals surface area contributed by atoms with Crippen LogP contribution >= 0.6 is 0 Å². The lowest BCUT2D eigenvalue weighted by atomic mass is 10.1. The summed E-state index contributed by atoms with van der Waals surface area (Å²) in [5, 5.41) is 6.42. The average molecular weight is 353 g/mol. The minimum Gasteiger partial charge on any atom is -0.377 e. The lowest BCUT2D eigenvalue weighted by molar-refractivity contribution is 0.133. The predicted molar refractivity (Wildman–Crippen MR) is 96.8 cm³/mol. The molecule has 2 rings (SSSR count).